The highest BCUT2D eigenvalue weighted by atomic mass is 35.5. The Labute approximate surface area is 223 Å². The van der Waals surface area contributed by atoms with Crippen molar-refractivity contribution in [3.63, 3.8) is 0 Å². The van der Waals surface area contributed by atoms with E-state index in [9.17, 15) is 9.59 Å². The van der Waals surface area contributed by atoms with E-state index in [-0.39, 0.29) is 17.2 Å². The number of fused-ring (bicyclic) bond motifs is 3. The lowest BCUT2D eigenvalue weighted by Crippen LogP contribution is -2.35. The fraction of sp³-hybridized carbons (Fsp3) is 0.296. The predicted octanol–water partition coefficient (Wildman–Crippen LogP) is 5.91. The highest BCUT2D eigenvalue weighted by molar-refractivity contribution is 7.99. The fourth-order valence-electron chi connectivity index (χ4n) is 4.40. The Kier molecular flexibility index (Phi) is 7.21. The summed E-state index contributed by atoms with van der Waals surface area (Å²) >= 11 is 8.90. The molecule has 6 nitrogen and oxygen atoms in total. The quantitative estimate of drug-likeness (QED) is 0.244. The second kappa shape index (κ2) is 10.4. The first-order valence-electron chi connectivity index (χ1n) is 11.9. The second-order valence-corrected chi connectivity index (χ2v) is 11.7. The SMILES string of the molecule is Cc1ccc(-n2c(SCC(=O)Nc3cccc(Cl)c3)nc3sc4c(c3c2=O)CCN(C(C)C)C4)cc1. The molecule has 2 aromatic heterocycles. The molecule has 1 aliphatic rings. The maximum Gasteiger partial charge on any atom is 0.267 e. The van der Waals surface area contributed by atoms with Crippen LogP contribution in [0.25, 0.3) is 15.9 Å². The second-order valence-electron chi connectivity index (χ2n) is 9.22. The lowest BCUT2D eigenvalue weighted by atomic mass is 10.0. The summed E-state index contributed by atoms with van der Waals surface area (Å²) in [4.78, 5) is 36.0. The van der Waals surface area contributed by atoms with E-state index in [1.54, 1.807) is 40.2 Å². The van der Waals surface area contributed by atoms with Crippen LogP contribution >= 0.6 is 34.7 Å². The number of aryl methyl sites for hydroxylation is 1. The van der Waals surface area contributed by atoms with Crippen LogP contribution in [0.1, 0.15) is 29.9 Å². The standard InChI is InChI=1S/C27H27ClN4O2S2/c1-16(2)31-12-11-21-22(14-31)36-25-24(21)26(34)32(20-9-7-17(3)8-10-20)27(30-25)35-15-23(33)29-19-6-4-5-18(28)13-19/h4-10,13,16H,11-12,14-15H2,1-3H3,(H,29,33). The molecule has 0 aliphatic carbocycles. The molecule has 1 amide bonds. The summed E-state index contributed by atoms with van der Waals surface area (Å²) in [6.07, 6.45) is 0.840. The zero-order valence-electron chi connectivity index (χ0n) is 20.4. The number of carbonyl (C=O) groups excluding carboxylic acids is 1. The highest BCUT2D eigenvalue weighted by Crippen LogP contribution is 2.35. The molecule has 9 heteroatoms. The lowest BCUT2D eigenvalue weighted by molar-refractivity contribution is -0.113. The molecule has 0 saturated heterocycles. The zero-order chi connectivity index (χ0) is 25.4. The van der Waals surface area contributed by atoms with Crippen LogP contribution in [0.5, 0.6) is 0 Å². The normalized spacial score (nSPS) is 13.8. The average Bonchev–Trinajstić information content (AvgIpc) is 3.21. The number of amides is 1. The van der Waals surface area contributed by atoms with Crippen LogP contribution in [-0.2, 0) is 17.8 Å². The van der Waals surface area contributed by atoms with Crippen molar-refractivity contribution in [2.75, 3.05) is 17.6 Å². The molecule has 1 aliphatic heterocycles. The number of nitrogens with one attached hydrogen (secondary N) is 1. The summed E-state index contributed by atoms with van der Waals surface area (Å²) in [5, 5.41) is 4.64. The minimum atomic E-state index is -0.190. The first-order chi connectivity index (χ1) is 17.3. The third kappa shape index (κ3) is 5.09. The number of benzene rings is 2. The van der Waals surface area contributed by atoms with Gasteiger partial charge in [-0.25, -0.2) is 4.98 Å². The Morgan fingerprint density at radius 2 is 2.00 bits per heavy atom. The van der Waals surface area contributed by atoms with Crippen LogP contribution in [-0.4, -0.2) is 38.7 Å². The van der Waals surface area contributed by atoms with E-state index >= 15 is 0 Å². The van der Waals surface area contributed by atoms with Gasteiger partial charge in [-0.15, -0.1) is 11.3 Å². The van der Waals surface area contributed by atoms with Crippen molar-refractivity contribution in [3.05, 3.63) is 79.9 Å². The van der Waals surface area contributed by atoms with Gasteiger partial charge in [0.15, 0.2) is 5.16 Å². The number of carbonyl (C=O) groups is 1. The van der Waals surface area contributed by atoms with Crippen LogP contribution < -0.4 is 10.9 Å². The Balaban J connectivity index is 1.52. The molecule has 3 heterocycles. The third-order valence-corrected chi connectivity index (χ3v) is 8.62. The number of aromatic nitrogens is 2. The monoisotopic (exact) mass is 538 g/mol. The van der Waals surface area contributed by atoms with E-state index in [2.05, 4.69) is 24.1 Å². The van der Waals surface area contributed by atoms with Crippen LogP contribution in [0.2, 0.25) is 5.02 Å². The minimum absolute atomic E-state index is 0.0721. The predicted molar refractivity (Wildman–Crippen MR) is 150 cm³/mol. The van der Waals surface area contributed by atoms with Gasteiger partial charge in [0.25, 0.3) is 5.56 Å². The molecular weight excluding hydrogens is 512 g/mol. The highest BCUT2D eigenvalue weighted by Gasteiger charge is 2.26. The zero-order valence-corrected chi connectivity index (χ0v) is 22.8. The molecule has 0 fully saturated rings. The van der Waals surface area contributed by atoms with Gasteiger partial charge in [-0.1, -0.05) is 47.1 Å². The summed E-state index contributed by atoms with van der Waals surface area (Å²) < 4.78 is 1.65. The number of nitrogens with zero attached hydrogens (tertiary/aromatic N) is 3. The van der Waals surface area contributed by atoms with E-state index in [1.807, 2.05) is 31.2 Å². The largest absolute Gasteiger partial charge is 0.325 e. The van der Waals surface area contributed by atoms with E-state index in [1.165, 1.54) is 16.6 Å². The van der Waals surface area contributed by atoms with E-state index < -0.39 is 0 Å². The van der Waals surface area contributed by atoms with Crippen LogP contribution in [0, 0.1) is 6.92 Å². The Morgan fingerprint density at radius 3 is 2.72 bits per heavy atom. The molecule has 4 aromatic rings. The molecule has 0 atom stereocenters. The molecule has 0 radical (unpaired) electrons. The van der Waals surface area contributed by atoms with Crippen molar-refractivity contribution in [1.82, 2.24) is 14.5 Å². The molecular formula is C27H27ClN4O2S2. The topological polar surface area (TPSA) is 67.2 Å². The molecule has 186 valence electrons. The number of halogens is 1. The third-order valence-electron chi connectivity index (χ3n) is 6.34. The number of hydrogen-bond donors (Lipinski definition) is 1. The number of thiophene rings is 1. The molecule has 2 aromatic carbocycles. The van der Waals surface area contributed by atoms with Gasteiger partial charge in [0.1, 0.15) is 4.83 Å². The van der Waals surface area contributed by atoms with Crippen molar-refractivity contribution in [3.8, 4) is 5.69 Å². The molecule has 0 unspecified atom stereocenters. The molecule has 0 bridgehead atoms. The van der Waals surface area contributed by atoms with Gasteiger partial charge in [-0.2, -0.15) is 0 Å². The molecule has 5 rings (SSSR count). The number of rotatable bonds is 6. The molecule has 0 saturated carbocycles. The minimum Gasteiger partial charge on any atom is -0.325 e. The molecule has 36 heavy (non-hydrogen) atoms. The van der Waals surface area contributed by atoms with Crippen molar-refractivity contribution in [2.45, 2.75) is 44.9 Å². The number of hydrogen-bond acceptors (Lipinski definition) is 6. The summed E-state index contributed by atoms with van der Waals surface area (Å²) in [5.74, 6) is -0.0761. The maximum atomic E-state index is 13.9. The summed E-state index contributed by atoms with van der Waals surface area (Å²) in [6, 6.07) is 15.3. The summed E-state index contributed by atoms with van der Waals surface area (Å²) in [7, 11) is 0. The molecule has 1 N–H and O–H groups in total. The van der Waals surface area contributed by atoms with Gasteiger partial charge in [0.2, 0.25) is 5.91 Å². The van der Waals surface area contributed by atoms with Gasteiger partial charge in [-0.05, 0) is 63.1 Å². The molecule has 0 spiro atoms. The van der Waals surface area contributed by atoms with Crippen molar-refractivity contribution in [1.29, 1.82) is 0 Å². The van der Waals surface area contributed by atoms with E-state index in [0.29, 0.717) is 27.3 Å². The first-order valence-corrected chi connectivity index (χ1v) is 14.0. The smallest absolute Gasteiger partial charge is 0.267 e. The summed E-state index contributed by atoms with van der Waals surface area (Å²) in [6.45, 7) is 8.18. The Hall–Kier alpha value is -2.65. The van der Waals surface area contributed by atoms with Gasteiger partial charge < -0.3 is 5.32 Å². The van der Waals surface area contributed by atoms with Crippen molar-refractivity contribution < 1.29 is 4.79 Å². The van der Waals surface area contributed by atoms with Gasteiger partial charge in [0, 0.05) is 34.7 Å². The van der Waals surface area contributed by atoms with Crippen LogP contribution in [0.4, 0.5) is 5.69 Å². The van der Waals surface area contributed by atoms with Gasteiger partial charge in [-0.3, -0.25) is 19.1 Å². The van der Waals surface area contributed by atoms with Crippen molar-refractivity contribution >= 4 is 56.5 Å². The Morgan fingerprint density at radius 1 is 1.22 bits per heavy atom. The Bertz CT molecular complexity index is 1490. The van der Waals surface area contributed by atoms with Crippen molar-refractivity contribution in [2.24, 2.45) is 0 Å². The van der Waals surface area contributed by atoms with Gasteiger partial charge in [0.05, 0.1) is 16.8 Å². The average molecular weight is 539 g/mol. The summed E-state index contributed by atoms with van der Waals surface area (Å²) in [5.41, 5.74) is 3.54. The number of thioether (sulfide) groups is 1. The number of anilines is 1. The van der Waals surface area contributed by atoms with Crippen LogP contribution in [0.15, 0.2) is 58.5 Å². The van der Waals surface area contributed by atoms with Gasteiger partial charge >= 0.3 is 0 Å². The lowest BCUT2D eigenvalue weighted by Gasteiger charge is -2.30. The maximum absolute atomic E-state index is 13.9. The fourth-order valence-corrected chi connectivity index (χ4v) is 6.69. The first kappa shape index (κ1) is 25.0. The van der Waals surface area contributed by atoms with Crippen LogP contribution in [0.3, 0.4) is 0 Å². The van der Waals surface area contributed by atoms with E-state index in [0.717, 1.165) is 41.2 Å². The van der Waals surface area contributed by atoms with E-state index in [4.69, 9.17) is 16.6 Å².